The summed E-state index contributed by atoms with van der Waals surface area (Å²) in [6.07, 6.45) is 0. The van der Waals surface area contributed by atoms with Crippen LogP contribution in [-0.4, -0.2) is 61.0 Å². The molecule has 0 spiro atoms. The molecule has 0 unspecified atom stereocenters. The molecule has 0 saturated carbocycles. The maximum absolute atomic E-state index is 13.8. The molecular formula is C28H26Cl2N4O3. The number of methoxy groups -OCH3 is 2. The number of anilines is 1. The number of piperazine rings is 1. The van der Waals surface area contributed by atoms with Crippen LogP contribution in [0.1, 0.15) is 10.5 Å². The fourth-order valence-corrected chi connectivity index (χ4v) is 4.86. The highest BCUT2D eigenvalue weighted by Gasteiger charge is 2.27. The Morgan fingerprint density at radius 3 is 2.27 bits per heavy atom. The fourth-order valence-electron chi connectivity index (χ4n) is 4.47. The first-order valence-corrected chi connectivity index (χ1v) is 12.6. The van der Waals surface area contributed by atoms with Gasteiger partial charge in [-0.15, -0.1) is 0 Å². The zero-order valence-electron chi connectivity index (χ0n) is 20.5. The quantitative estimate of drug-likeness (QED) is 0.310. The van der Waals surface area contributed by atoms with Crippen molar-refractivity contribution in [3.8, 4) is 28.4 Å². The van der Waals surface area contributed by atoms with Crippen molar-refractivity contribution in [1.82, 2.24) is 14.7 Å². The average molecular weight is 537 g/mol. The lowest BCUT2D eigenvalue weighted by atomic mass is 10.1. The molecule has 9 heteroatoms. The number of hydrogen-bond acceptors (Lipinski definition) is 5. The number of para-hydroxylation sites is 1. The van der Waals surface area contributed by atoms with Gasteiger partial charge in [-0.05, 0) is 54.6 Å². The maximum atomic E-state index is 13.8. The van der Waals surface area contributed by atoms with Crippen LogP contribution in [0, 0.1) is 0 Å². The molecule has 5 rings (SSSR count). The van der Waals surface area contributed by atoms with Crippen LogP contribution < -0.4 is 14.4 Å². The van der Waals surface area contributed by atoms with Crippen molar-refractivity contribution in [2.24, 2.45) is 0 Å². The third kappa shape index (κ3) is 5.10. The lowest BCUT2D eigenvalue weighted by molar-refractivity contribution is 0.0737. The van der Waals surface area contributed by atoms with E-state index in [1.807, 2.05) is 59.5 Å². The van der Waals surface area contributed by atoms with Crippen molar-refractivity contribution in [3.05, 3.63) is 88.5 Å². The van der Waals surface area contributed by atoms with E-state index in [1.54, 1.807) is 37.1 Å². The van der Waals surface area contributed by atoms with E-state index in [1.165, 1.54) is 0 Å². The van der Waals surface area contributed by atoms with E-state index in [4.69, 9.17) is 37.8 Å². The van der Waals surface area contributed by atoms with Gasteiger partial charge in [-0.2, -0.15) is 5.10 Å². The zero-order valence-corrected chi connectivity index (χ0v) is 22.0. The lowest BCUT2D eigenvalue weighted by Crippen LogP contribution is -2.49. The van der Waals surface area contributed by atoms with E-state index in [0.717, 1.165) is 16.9 Å². The van der Waals surface area contributed by atoms with Gasteiger partial charge in [-0.3, -0.25) is 4.79 Å². The minimum Gasteiger partial charge on any atom is -0.497 e. The number of amides is 1. The van der Waals surface area contributed by atoms with E-state index >= 15 is 0 Å². The van der Waals surface area contributed by atoms with Crippen LogP contribution in [0.25, 0.3) is 16.9 Å². The predicted octanol–water partition coefficient (Wildman–Crippen LogP) is 5.83. The minimum atomic E-state index is -0.0972. The molecule has 1 fully saturated rings. The zero-order chi connectivity index (χ0) is 25.9. The number of nitrogens with zero attached hydrogens (tertiary/aromatic N) is 4. The molecule has 1 aliphatic heterocycles. The molecule has 2 heterocycles. The Hall–Kier alpha value is -3.68. The molecule has 37 heavy (non-hydrogen) atoms. The van der Waals surface area contributed by atoms with Crippen molar-refractivity contribution >= 4 is 34.8 Å². The number of hydrogen-bond donors (Lipinski definition) is 0. The highest BCUT2D eigenvalue weighted by atomic mass is 35.5. The highest BCUT2D eigenvalue weighted by molar-refractivity contribution is 6.33. The van der Waals surface area contributed by atoms with Crippen molar-refractivity contribution in [2.45, 2.75) is 0 Å². The lowest BCUT2D eigenvalue weighted by Gasteiger charge is -2.36. The summed E-state index contributed by atoms with van der Waals surface area (Å²) in [6.45, 7) is 2.50. The topological polar surface area (TPSA) is 59.8 Å². The largest absolute Gasteiger partial charge is 0.497 e. The summed E-state index contributed by atoms with van der Waals surface area (Å²) in [5.41, 5.74) is 3.56. The first-order valence-electron chi connectivity index (χ1n) is 11.9. The van der Waals surface area contributed by atoms with Crippen LogP contribution in [0.4, 0.5) is 5.69 Å². The van der Waals surface area contributed by atoms with Crippen LogP contribution in [0.2, 0.25) is 10.0 Å². The Kier molecular flexibility index (Phi) is 7.26. The smallest absolute Gasteiger partial charge is 0.272 e. The van der Waals surface area contributed by atoms with Gasteiger partial charge in [0.05, 0.1) is 36.3 Å². The summed E-state index contributed by atoms with van der Waals surface area (Å²) in [7, 11) is 3.20. The molecule has 1 amide bonds. The standard InChI is InChI=1S/C28H26Cl2N4O3/c1-36-21-11-12-22(27(17-21)37-2)24-18-26(34(31-24)20-9-7-19(29)8-10-20)28(35)33-15-13-32(14-16-33)25-6-4-3-5-23(25)30/h3-12,17-18H,13-16H2,1-2H3. The second kappa shape index (κ2) is 10.7. The maximum Gasteiger partial charge on any atom is 0.272 e. The third-order valence-electron chi connectivity index (χ3n) is 6.44. The van der Waals surface area contributed by atoms with Gasteiger partial charge >= 0.3 is 0 Å². The van der Waals surface area contributed by atoms with Gasteiger partial charge < -0.3 is 19.3 Å². The van der Waals surface area contributed by atoms with E-state index in [2.05, 4.69) is 4.90 Å². The van der Waals surface area contributed by atoms with Gasteiger partial charge in [0.15, 0.2) is 0 Å². The Morgan fingerprint density at radius 1 is 0.865 bits per heavy atom. The van der Waals surface area contributed by atoms with Crippen LogP contribution >= 0.6 is 23.2 Å². The summed E-state index contributed by atoms with van der Waals surface area (Å²) >= 11 is 12.5. The molecule has 190 valence electrons. The highest BCUT2D eigenvalue weighted by Crippen LogP contribution is 2.34. The fraction of sp³-hybridized carbons (Fsp3) is 0.214. The second-order valence-electron chi connectivity index (χ2n) is 8.60. The average Bonchev–Trinajstić information content (AvgIpc) is 3.38. The summed E-state index contributed by atoms with van der Waals surface area (Å²) in [6, 6.07) is 22.3. The summed E-state index contributed by atoms with van der Waals surface area (Å²) < 4.78 is 12.6. The predicted molar refractivity (Wildman–Crippen MR) is 147 cm³/mol. The number of aromatic nitrogens is 2. The number of rotatable bonds is 6. The van der Waals surface area contributed by atoms with Crippen molar-refractivity contribution in [3.63, 3.8) is 0 Å². The Balaban J connectivity index is 1.47. The minimum absolute atomic E-state index is 0.0972. The summed E-state index contributed by atoms with van der Waals surface area (Å²) in [5, 5.41) is 6.13. The Labute approximate surface area is 225 Å². The van der Waals surface area contributed by atoms with Crippen LogP contribution in [-0.2, 0) is 0 Å². The number of carbonyl (C=O) groups excluding carboxylic acids is 1. The molecule has 0 atom stereocenters. The molecule has 3 aromatic carbocycles. The molecule has 1 aromatic heterocycles. The third-order valence-corrected chi connectivity index (χ3v) is 7.02. The normalized spacial score (nSPS) is 13.5. The summed E-state index contributed by atoms with van der Waals surface area (Å²) in [5.74, 6) is 1.18. The van der Waals surface area contributed by atoms with Crippen LogP contribution in [0.15, 0.2) is 72.8 Å². The van der Waals surface area contributed by atoms with Crippen molar-refractivity contribution in [1.29, 1.82) is 0 Å². The van der Waals surface area contributed by atoms with Crippen molar-refractivity contribution in [2.75, 3.05) is 45.3 Å². The van der Waals surface area contributed by atoms with Gasteiger partial charge in [0, 0.05) is 42.8 Å². The van der Waals surface area contributed by atoms with Crippen molar-refractivity contribution < 1.29 is 14.3 Å². The SMILES string of the molecule is COc1ccc(-c2cc(C(=O)N3CCN(c4ccccc4Cl)CC3)n(-c3ccc(Cl)cc3)n2)c(OC)c1. The molecule has 1 aliphatic rings. The molecule has 0 aliphatic carbocycles. The number of carbonyl (C=O) groups is 1. The number of benzene rings is 3. The first-order chi connectivity index (χ1) is 18.0. The van der Waals surface area contributed by atoms with Gasteiger partial charge in [-0.1, -0.05) is 35.3 Å². The number of halogens is 2. The van der Waals surface area contributed by atoms with E-state index in [9.17, 15) is 4.79 Å². The molecule has 0 radical (unpaired) electrons. The molecule has 0 N–H and O–H groups in total. The molecule has 4 aromatic rings. The molecular weight excluding hydrogens is 511 g/mol. The van der Waals surface area contributed by atoms with Gasteiger partial charge in [0.2, 0.25) is 0 Å². The van der Waals surface area contributed by atoms with Crippen LogP contribution in [0.5, 0.6) is 11.5 Å². The van der Waals surface area contributed by atoms with E-state index in [0.29, 0.717) is 59.1 Å². The van der Waals surface area contributed by atoms with Crippen LogP contribution in [0.3, 0.4) is 0 Å². The molecule has 7 nitrogen and oxygen atoms in total. The van der Waals surface area contributed by atoms with Gasteiger partial charge in [-0.25, -0.2) is 4.68 Å². The first kappa shape index (κ1) is 25.0. The monoisotopic (exact) mass is 536 g/mol. The van der Waals surface area contributed by atoms with Gasteiger partial charge in [0.1, 0.15) is 17.2 Å². The van der Waals surface area contributed by atoms with E-state index in [-0.39, 0.29) is 5.91 Å². The Bertz CT molecular complexity index is 1410. The van der Waals surface area contributed by atoms with Gasteiger partial charge in [0.25, 0.3) is 5.91 Å². The second-order valence-corrected chi connectivity index (χ2v) is 9.44. The molecule has 0 bridgehead atoms. The Morgan fingerprint density at radius 2 is 1.59 bits per heavy atom. The summed E-state index contributed by atoms with van der Waals surface area (Å²) in [4.78, 5) is 17.9. The van der Waals surface area contributed by atoms with E-state index < -0.39 is 0 Å². The molecule has 1 saturated heterocycles. The number of ether oxygens (including phenoxy) is 2.